The van der Waals surface area contributed by atoms with E-state index in [1.165, 1.54) is 0 Å². The van der Waals surface area contributed by atoms with E-state index in [1.807, 2.05) is 9.80 Å². The Morgan fingerprint density at radius 2 is 2.11 bits per heavy atom. The zero-order valence-corrected chi connectivity index (χ0v) is 21.2. The predicted molar refractivity (Wildman–Crippen MR) is 139 cm³/mol. The SMILES string of the molecule is O=C1CCCN1CCCNC(=O)N1CCCC[C@@H]1CNc1nc(-c2c[nH]c3ncc(Cl)cc23)ncc1F. The monoisotopic (exact) mass is 528 g/mol. The Balaban J connectivity index is 1.20. The summed E-state index contributed by atoms with van der Waals surface area (Å²) in [5.74, 6) is 0.0475. The number of pyridine rings is 1. The number of hydrogen-bond donors (Lipinski definition) is 3. The molecular weight excluding hydrogens is 499 g/mol. The van der Waals surface area contributed by atoms with Crippen molar-refractivity contribution in [3.8, 4) is 11.4 Å². The highest BCUT2D eigenvalue weighted by atomic mass is 35.5. The minimum absolute atomic E-state index is 0.0792. The van der Waals surface area contributed by atoms with Crippen LogP contribution < -0.4 is 10.6 Å². The molecule has 3 N–H and O–H groups in total. The highest BCUT2D eigenvalue weighted by Crippen LogP contribution is 2.28. The molecule has 196 valence electrons. The third kappa shape index (κ3) is 5.76. The molecule has 0 aliphatic carbocycles. The van der Waals surface area contributed by atoms with Crippen LogP contribution in [0.5, 0.6) is 0 Å². The fourth-order valence-electron chi connectivity index (χ4n) is 4.99. The molecule has 2 saturated heterocycles. The van der Waals surface area contributed by atoms with E-state index in [1.54, 1.807) is 18.5 Å². The van der Waals surface area contributed by atoms with Gasteiger partial charge in [0.25, 0.3) is 0 Å². The van der Waals surface area contributed by atoms with E-state index in [4.69, 9.17) is 11.6 Å². The Bertz CT molecular complexity index is 1280. The normalized spacial score (nSPS) is 18.0. The topological polar surface area (TPSA) is 119 Å². The van der Waals surface area contributed by atoms with Gasteiger partial charge in [-0.25, -0.2) is 24.1 Å². The first-order valence-corrected chi connectivity index (χ1v) is 13.1. The zero-order valence-electron chi connectivity index (χ0n) is 20.5. The maximum atomic E-state index is 14.6. The molecule has 2 fully saturated rings. The maximum Gasteiger partial charge on any atom is 0.317 e. The minimum Gasteiger partial charge on any atom is -0.365 e. The molecule has 3 aromatic rings. The molecule has 12 heteroatoms. The molecule has 0 aromatic carbocycles. The van der Waals surface area contributed by atoms with E-state index in [0.29, 0.717) is 54.7 Å². The number of fused-ring (bicyclic) bond motifs is 1. The third-order valence-electron chi connectivity index (χ3n) is 6.93. The molecule has 10 nitrogen and oxygen atoms in total. The van der Waals surface area contributed by atoms with Crippen LogP contribution in [0.2, 0.25) is 5.02 Å². The number of halogens is 2. The van der Waals surface area contributed by atoms with Gasteiger partial charge < -0.3 is 25.4 Å². The average molecular weight is 529 g/mol. The van der Waals surface area contributed by atoms with Crippen LogP contribution in [-0.2, 0) is 4.79 Å². The molecule has 0 bridgehead atoms. The Morgan fingerprint density at radius 3 is 2.95 bits per heavy atom. The van der Waals surface area contributed by atoms with Gasteiger partial charge in [-0.05, 0) is 38.2 Å². The first-order valence-electron chi connectivity index (χ1n) is 12.7. The highest BCUT2D eigenvalue weighted by Gasteiger charge is 2.27. The molecular formula is C25H30ClFN8O2. The van der Waals surface area contributed by atoms with Crippen molar-refractivity contribution in [1.82, 2.24) is 35.1 Å². The summed E-state index contributed by atoms with van der Waals surface area (Å²) < 4.78 is 14.6. The van der Waals surface area contributed by atoms with Gasteiger partial charge in [0, 0.05) is 62.5 Å². The number of aromatic amines is 1. The first kappa shape index (κ1) is 25.2. The van der Waals surface area contributed by atoms with Crippen LogP contribution >= 0.6 is 11.6 Å². The number of likely N-dealkylation sites (tertiary alicyclic amines) is 2. The van der Waals surface area contributed by atoms with Gasteiger partial charge in [0.15, 0.2) is 17.5 Å². The average Bonchev–Trinajstić information content (AvgIpc) is 3.51. The Labute approximate surface area is 219 Å². The van der Waals surface area contributed by atoms with Crippen molar-refractivity contribution in [3.05, 3.63) is 35.5 Å². The van der Waals surface area contributed by atoms with E-state index in [0.717, 1.165) is 50.2 Å². The maximum absolute atomic E-state index is 14.6. The Morgan fingerprint density at radius 1 is 1.22 bits per heavy atom. The number of nitrogens with one attached hydrogen (secondary N) is 3. The quantitative estimate of drug-likeness (QED) is 0.383. The lowest BCUT2D eigenvalue weighted by Gasteiger charge is -2.36. The molecule has 3 aromatic heterocycles. The lowest BCUT2D eigenvalue weighted by Crippen LogP contribution is -2.51. The molecule has 5 rings (SSSR count). The summed E-state index contributed by atoms with van der Waals surface area (Å²) in [4.78, 5) is 44.2. The Hall–Kier alpha value is -3.47. The molecule has 0 radical (unpaired) electrons. The summed E-state index contributed by atoms with van der Waals surface area (Å²) in [5, 5.41) is 7.30. The minimum atomic E-state index is -0.567. The molecule has 37 heavy (non-hydrogen) atoms. The van der Waals surface area contributed by atoms with Crippen molar-refractivity contribution < 1.29 is 14.0 Å². The van der Waals surface area contributed by atoms with Gasteiger partial charge in [0.05, 0.1) is 17.3 Å². The number of urea groups is 1. The van der Waals surface area contributed by atoms with E-state index < -0.39 is 5.82 Å². The third-order valence-corrected chi connectivity index (χ3v) is 7.13. The number of H-pyrrole nitrogens is 1. The van der Waals surface area contributed by atoms with Crippen molar-refractivity contribution in [2.45, 2.75) is 44.6 Å². The van der Waals surface area contributed by atoms with Crippen LogP contribution in [0.3, 0.4) is 0 Å². The number of carbonyl (C=O) groups excluding carboxylic acids is 2. The van der Waals surface area contributed by atoms with E-state index >= 15 is 0 Å². The molecule has 0 saturated carbocycles. The highest BCUT2D eigenvalue weighted by molar-refractivity contribution is 6.31. The van der Waals surface area contributed by atoms with Crippen LogP contribution in [0.15, 0.2) is 24.7 Å². The number of rotatable bonds is 8. The van der Waals surface area contributed by atoms with Gasteiger partial charge in [-0.1, -0.05) is 11.6 Å². The lowest BCUT2D eigenvalue weighted by molar-refractivity contribution is -0.127. The smallest absolute Gasteiger partial charge is 0.317 e. The fourth-order valence-corrected chi connectivity index (χ4v) is 5.14. The molecule has 1 atom stereocenters. The van der Waals surface area contributed by atoms with E-state index in [9.17, 15) is 14.0 Å². The summed E-state index contributed by atoms with van der Waals surface area (Å²) in [6.07, 6.45) is 9.39. The number of piperidine rings is 1. The van der Waals surface area contributed by atoms with Crippen molar-refractivity contribution in [3.63, 3.8) is 0 Å². The van der Waals surface area contributed by atoms with Crippen LogP contribution in [0.4, 0.5) is 15.0 Å². The number of hydrogen-bond acceptors (Lipinski definition) is 6. The molecule has 0 unspecified atom stereocenters. The van der Waals surface area contributed by atoms with Gasteiger partial charge in [0.1, 0.15) is 5.65 Å². The summed E-state index contributed by atoms with van der Waals surface area (Å²) in [7, 11) is 0. The summed E-state index contributed by atoms with van der Waals surface area (Å²) in [6, 6.07) is 1.53. The number of amides is 3. The predicted octanol–water partition coefficient (Wildman–Crippen LogP) is 3.80. The summed E-state index contributed by atoms with van der Waals surface area (Å²) in [6.45, 7) is 2.98. The van der Waals surface area contributed by atoms with Crippen LogP contribution in [0.25, 0.3) is 22.4 Å². The van der Waals surface area contributed by atoms with Crippen LogP contribution in [-0.4, -0.2) is 80.4 Å². The standard InChI is InChI=1S/C25H30ClFN8O2/c26-16-11-18-19(14-31-22(18)29-12-16)23-32-15-20(27)24(33-23)30-13-17-5-1-2-10-35(17)25(37)28-7-4-9-34-8-3-6-21(34)36/h11-12,14-15,17H,1-10,13H2,(H,28,37)(H,29,31)(H,30,32,33)/t17-/m1/s1. The van der Waals surface area contributed by atoms with E-state index in [2.05, 4.69) is 30.6 Å². The van der Waals surface area contributed by atoms with Crippen molar-refractivity contribution in [2.75, 3.05) is 38.0 Å². The molecule has 2 aliphatic rings. The number of aromatic nitrogens is 4. The molecule has 3 amide bonds. The zero-order chi connectivity index (χ0) is 25.8. The molecule has 2 aliphatic heterocycles. The second kappa shape index (κ2) is 11.3. The number of anilines is 1. The number of nitrogens with zero attached hydrogens (tertiary/aromatic N) is 5. The summed E-state index contributed by atoms with van der Waals surface area (Å²) >= 11 is 6.10. The van der Waals surface area contributed by atoms with Gasteiger partial charge in [0.2, 0.25) is 5.91 Å². The second-order valence-electron chi connectivity index (χ2n) is 9.44. The largest absolute Gasteiger partial charge is 0.365 e. The van der Waals surface area contributed by atoms with E-state index in [-0.39, 0.29) is 23.8 Å². The van der Waals surface area contributed by atoms with Crippen molar-refractivity contribution in [2.24, 2.45) is 0 Å². The lowest BCUT2D eigenvalue weighted by atomic mass is 10.0. The van der Waals surface area contributed by atoms with Gasteiger partial charge in [-0.3, -0.25) is 4.79 Å². The van der Waals surface area contributed by atoms with Crippen LogP contribution in [0.1, 0.15) is 38.5 Å². The van der Waals surface area contributed by atoms with Crippen molar-refractivity contribution >= 4 is 40.4 Å². The molecule has 5 heterocycles. The number of carbonyl (C=O) groups is 2. The Kier molecular flexibility index (Phi) is 7.68. The molecule has 0 spiro atoms. The van der Waals surface area contributed by atoms with Crippen molar-refractivity contribution in [1.29, 1.82) is 0 Å². The van der Waals surface area contributed by atoms with Crippen LogP contribution in [0, 0.1) is 5.82 Å². The second-order valence-corrected chi connectivity index (χ2v) is 9.87. The fraction of sp³-hybridized carbons (Fsp3) is 0.480. The first-order chi connectivity index (χ1) is 18.0. The summed E-state index contributed by atoms with van der Waals surface area (Å²) in [5.41, 5.74) is 1.31. The van der Waals surface area contributed by atoms with Gasteiger partial charge >= 0.3 is 6.03 Å². The van der Waals surface area contributed by atoms with Gasteiger partial charge in [-0.15, -0.1) is 0 Å². The van der Waals surface area contributed by atoms with Gasteiger partial charge in [-0.2, -0.15) is 0 Å².